The fourth-order valence-electron chi connectivity index (χ4n) is 0.881. The highest BCUT2D eigenvalue weighted by molar-refractivity contribution is 6.35. The van der Waals surface area contributed by atoms with Gasteiger partial charge in [0.1, 0.15) is 0 Å². The van der Waals surface area contributed by atoms with Crippen LogP contribution in [0.5, 0.6) is 0 Å². The highest BCUT2D eigenvalue weighted by atomic mass is 35.5. The molecule has 0 fully saturated rings. The average Bonchev–Trinajstić information content (AvgIpc) is 2.03. The van der Waals surface area contributed by atoms with Gasteiger partial charge in [0.2, 0.25) is 0 Å². The van der Waals surface area contributed by atoms with Crippen LogP contribution in [0.1, 0.15) is 18.9 Å². The number of hydrogen-bond acceptors (Lipinski definition) is 0. The van der Waals surface area contributed by atoms with Gasteiger partial charge in [-0.15, -0.1) is 0 Å². The molecule has 64 valence electrons. The predicted octanol–water partition coefficient (Wildman–Crippen LogP) is 4.42. The van der Waals surface area contributed by atoms with Gasteiger partial charge in [0.15, 0.2) is 0 Å². The van der Waals surface area contributed by atoms with Crippen LogP contribution in [0.2, 0.25) is 10.0 Å². The molecule has 1 aromatic rings. The standard InChI is InChI=1S/C10H10Cl2/c1-2-3-4-8-5-6-9(11)7-10(8)12/h3-7H,2H2,1H3/b4-3+. The summed E-state index contributed by atoms with van der Waals surface area (Å²) in [6.45, 7) is 2.08. The van der Waals surface area contributed by atoms with Crippen molar-refractivity contribution in [3.8, 4) is 0 Å². The molecule has 1 rings (SSSR count). The average molecular weight is 201 g/mol. The Kier molecular flexibility index (Phi) is 3.64. The van der Waals surface area contributed by atoms with Crippen molar-refractivity contribution in [1.29, 1.82) is 0 Å². The Hall–Kier alpha value is -0.460. The number of allylic oxidation sites excluding steroid dienone is 1. The van der Waals surface area contributed by atoms with Crippen LogP contribution in [-0.2, 0) is 0 Å². The molecule has 0 radical (unpaired) electrons. The second-order valence-electron chi connectivity index (χ2n) is 2.48. The zero-order chi connectivity index (χ0) is 8.97. The Morgan fingerprint density at radius 3 is 2.67 bits per heavy atom. The number of hydrogen-bond donors (Lipinski definition) is 0. The van der Waals surface area contributed by atoms with E-state index in [1.807, 2.05) is 18.2 Å². The molecular formula is C10H10Cl2. The first kappa shape index (κ1) is 9.63. The summed E-state index contributed by atoms with van der Waals surface area (Å²) >= 11 is 11.7. The highest BCUT2D eigenvalue weighted by Crippen LogP contribution is 2.21. The Bertz CT molecular complexity index is 290. The van der Waals surface area contributed by atoms with Crippen molar-refractivity contribution >= 4 is 29.3 Å². The second-order valence-corrected chi connectivity index (χ2v) is 3.32. The zero-order valence-electron chi connectivity index (χ0n) is 6.85. The van der Waals surface area contributed by atoms with Gasteiger partial charge in [-0.2, -0.15) is 0 Å². The van der Waals surface area contributed by atoms with Gasteiger partial charge in [0.05, 0.1) is 0 Å². The fraction of sp³-hybridized carbons (Fsp3) is 0.200. The van der Waals surface area contributed by atoms with Crippen molar-refractivity contribution in [2.45, 2.75) is 13.3 Å². The Labute approximate surface area is 82.8 Å². The van der Waals surface area contributed by atoms with Gasteiger partial charge < -0.3 is 0 Å². The van der Waals surface area contributed by atoms with E-state index < -0.39 is 0 Å². The lowest BCUT2D eigenvalue weighted by Gasteiger charge is -1.97. The van der Waals surface area contributed by atoms with E-state index >= 15 is 0 Å². The van der Waals surface area contributed by atoms with Gasteiger partial charge in [0.25, 0.3) is 0 Å². The minimum Gasteiger partial charge on any atom is -0.0843 e. The third kappa shape index (κ3) is 2.54. The number of benzene rings is 1. The molecule has 0 N–H and O–H groups in total. The first-order chi connectivity index (χ1) is 5.74. The van der Waals surface area contributed by atoms with E-state index in [1.165, 1.54) is 0 Å². The molecule has 0 saturated carbocycles. The predicted molar refractivity (Wildman–Crippen MR) is 55.8 cm³/mol. The van der Waals surface area contributed by atoms with Crippen molar-refractivity contribution < 1.29 is 0 Å². The number of halogens is 2. The smallest absolute Gasteiger partial charge is 0.0493 e. The van der Waals surface area contributed by atoms with Gasteiger partial charge >= 0.3 is 0 Å². The maximum atomic E-state index is 5.93. The summed E-state index contributed by atoms with van der Waals surface area (Å²) < 4.78 is 0. The van der Waals surface area contributed by atoms with Crippen molar-refractivity contribution in [3.63, 3.8) is 0 Å². The summed E-state index contributed by atoms with van der Waals surface area (Å²) in [5.41, 5.74) is 1.02. The fourth-order valence-corrected chi connectivity index (χ4v) is 1.35. The summed E-state index contributed by atoms with van der Waals surface area (Å²) in [5, 5.41) is 1.38. The quantitative estimate of drug-likeness (QED) is 0.664. The molecule has 0 bridgehead atoms. The van der Waals surface area contributed by atoms with Crippen LogP contribution in [0.15, 0.2) is 24.3 Å². The summed E-state index contributed by atoms with van der Waals surface area (Å²) in [5.74, 6) is 0. The van der Waals surface area contributed by atoms with E-state index in [0.717, 1.165) is 12.0 Å². The van der Waals surface area contributed by atoms with Gasteiger partial charge in [-0.3, -0.25) is 0 Å². The van der Waals surface area contributed by atoms with Crippen LogP contribution in [-0.4, -0.2) is 0 Å². The minimum absolute atomic E-state index is 0.675. The molecule has 0 amide bonds. The summed E-state index contributed by atoms with van der Waals surface area (Å²) in [7, 11) is 0. The SMILES string of the molecule is CC/C=C/c1ccc(Cl)cc1Cl. The van der Waals surface area contributed by atoms with Crippen molar-refractivity contribution in [2.75, 3.05) is 0 Å². The summed E-state index contributed by atoms with van der Waals surface area (Å²) in [6, 6.07) is 5.50. The van der Waals surface area contributed by atoms with E-state index in [0.29, 0.717) is 10.0 Å². The second kappa shape index (κ2) is 4.54. The van der Waals surface area contributed by atoms with Crippen molar-refractivity contribution in [1.82, 2.24) is 0 Å². The summed E-state index contributed by atoms with van der Waals surface area (Å²) in [6.07, 6.45) is 5.08. The van der Waals surface area contributed by atoms with Gasteiger partial charge in [-0.1, -0.05) is 48.3 Å². The zero-order valence-corrected chi connectivity index (χ0v) is 8.36. The maximum absolute atomic E-state index is 5.93. The molecule has 0 aliphatic rings. The van der Waals surface area contributed by atoms with Crippen LogP contribution in [0, 0.1) is 0 Å². The topological polar surface area (TPSA) is 0 Å². The third-order valence-electron chi connectivity index (χ3n) is 1.50. The first-order valence-corrected chi connectivity index (χ1v) is 4.61. The molecular weight excluding hydrogens is 191 g/mol. The molecule has 0 atom stereocenters. The Morgan fingerprint density at radius 1 is 1.33 bits per heavy atom. The lowest BCUT2D eigenvalue weighted by Crippen LogP contribution is -1.74. The lowest BCUT2D eigenvalue weighted by molar-refractivity contribution is 1.23. The van der Waals surface area contributed by atoms with Crippen molar-refractivity contribution in [3.05, 3.63) is 39.9 Å². The van der Waals surface area contributed by atoms with E-state index in [2.05, 4.69) is 13.0 Å². The van der Waals surface area contributed by atoms with Crippen molar-refractivity contribution in [2.24, 2.45) is 0 Å². The largest absolute Gasteiger partial charge is 0.0843 e. The van der Waals surface area contributed by atoms with Crippen LogP contribution in [0.25, 0.3) is 6.08 Å². The molecule has 0 aromatic heterocycles. The van der Waals surface area contributed by atoms with E-state index in [1.54, 1.807) is 6.07 Å². The molecule has 0 nitrogen and oxygen atoms in total. The van der Waals surface area contributed by atoms with E-state index in [4.69, 9.17) is 23.2 Å². The molecule has 12 heavy (non-hydrogen) atoms. The lowest BCUT2D eigenvalue weighted by atomic mass is 10.2. The number of rotatable bonds is 2. The van der Waals surface area contributed by atoms with Crippen LogP contribution in [0.3, 0.4) is 0 Å². The Morgan fingerprint density at radius 2 is 2.08 bits per heavy atom. The maximum Gasteiger partial charge on any atom is 0.0493 e. The van der Waals surface area contributed by atoms with E-state index in [9.17, 15) is 0 Å². The molecule has 0 aliphatic carbocycles. The molecule has 1 aromatic carbocycles. The monoisotopic (exact) mass is 200 g/mol. The Balaban J connectivity index is 2.94. The highest BCUT2D eigenvalue weighted by Gasteiger charge is 1.95. The van der Waals surface area contributed by atoms with Gasteiger partial charge in [0, 0.05) is 10.0 Å². The normalized spacial score (nSPS) is 10.9. The molecule has 0 saturated heterocycles. The third-order valence-corrected chi connectivity index (χ3v) is 2.06. The van der Waals surface area contributed by atoms with Gasteiger partial charge in [-0.05, 0) is 24.1 Å². The summed E-state index contributed by atoms with van der Waals surface area (Å²) in [4.78, 5) is 0. The molecule has 0 unspecified atom stereocenters. The molecule has 0 aliphatic heterocycles. The molecule has 0 heterocycles. The minimum atomic E-state index is 0.675. The van der Waals surface area contributed by atoms with Crippen LogP contribution < -0.4 is 0 Å². The molecule has 2 heteroatoms. The van der Waals surface area contributed by atoms with Crippen LogP contribution in [0.4, 0.5) is 0 Å². The molecule has 0 spiro atoms. The van der Waals surface area contributed by atoms with Crippen LogP contribution >= 0.6 is 23.2 Å². The van der Waals surface area contributed by atoms with E-state index in [-0.39, 0.29) is 0 Å². The first-order valence-electron chi connectivity index (χ1n) is 3.85. The van der Waals surface area contributed by atoms with Gasteiger partial charge in [-0.25, -0.2) is 0 Å².